The number of benzene rings is 1. The molecule has 0 aliphatic carbocycles. The molecule has 4 nitrogen and oxygen atoms in total. The van der Waals surface area contributed by atoms with E-state index in [1.54, 1.807) is 14.2 Å². The molecule has 0 fully saturated rings. The van der Waals surface area contributed by atoms with Crippen molar-refractivity contribution in [2.24, 2.45) is 0 Å². The second kappa shape index (κ2) is 9.77. The predicted molar refractivity (Wildman–Crippen MR) is 87.8 cm³/mol. The van der Waals surface area contributed by atoms with Gasteiger partial charge >= 0.3 is 0 Å². The summed E-state index contributed by atoms with van der Waals surface area (Å²) in [4.78, 5) is 2.45. The zero-order valence-electron chi connectivity index (χ0n) is 14.1. The maximum Gasteiger partial charge on any atom is 0.123 e. The lowest BCUT2D eigenvalue weighted by molar-refractivity contribution is 0.117. The molecule has 1 unspecified atom stereocenters. The van der Waals surface area contributed by atoms with Gasteiger partial charge in [-0.25, -0.2) is 0 Å². The van der Waals surface area contributed by atoms with E-state index in [1.807, 2.05) is 7.05 Å². The second-order valence-corrected chi connectivity index (χ2v) is 5.40. The van der Waals surface area contributed by atoms with E-state index in [0.717, 1.165) is 38.4 Å². The fourth-order valence-electron chi connectivity index (χ4n) is 2.41. The van der Waals surface area contributed by atoms with Gasteiger partial charge in [-0.15, -0.1) is 0 Å². The van der Waals surface area contributed by atoms with Gasteiger partial charge in [-0.3, -0.25) is 4.90 Å². The molecule has 0 heterocycles. The smallest absolute Gasteiger partial charge is 0.123 e. The average molecular weight is 294 g/mol. The Bertz CT molecular complexity index is 410. The van der Waals surface area contributed by atoms with Crippen molar-refractivity contribution >= 4 is 0 Å². The highest BCUT2D eigenvalue weighted by Gasteiger charge is 2.15. The Hall–Kier alpha value is -1.10. The lowest BCUT2D eigenvalue weighted by Crippen LogP contribution is -2.35. The fourth-order valence-corrected chi connectivity index (χ4v) is 2.41. The molecule has 1 aromatic rings. The van der Waals surface area contributed by atoms with Crippen molar-refractivity contribution in [3.63, 3.8) is 0 Å². The molecule has 0 saturated heterocycles. The largest absolute Gasteiger partial charge is 0.496 e. The molecule has 1 rings (SSSR count). The van der Waals surface area contributed by atoms with Crippen LogP contribution in [0.1, 0.15) is 31.4 Å². The van der Waals surface area contributed by atoms with Crippen molar-refractivity contribution < 1.29 is 9.47 Å². The van der Waals surface area contributed by atoms with Crippen LogP contribution < -0.4 is 10.1 Å². The summed E-state index contributed by atoms with van der Waals surface area (Å²) in [6.07, 6.45) is 1.13. The monoisotopic (exact) mass is 294 g/mol. The minimum Gasteiger partial charge on any atom is -0.496 e. The van der Waals surface area contributed by atoms with Gasteiger partial charge in [-0.2, -0.15) is 0 Å². The normalized spacial score (nSPS) is 12.7. The number of nitrogens with zero attached hydrogens (tertiary/aromatic N) is 1. The number of nitrogens with one attached hydrogen (secondary N) is 1. The molecular weight excluding hydrogens is 264 g/mol. The van der Waals surface area contributed by atoms with Gasteiger partial charge in [0.1, 0.15) is 5.75 Å². The first-order valence-corrected chi connectivity index (χ1v) is 7.69. The number of methoxy groups -OCH3 is 2. The van der Waals surface area contributed by atoms with Gasteiger partial charge in [0.2, 0.25) is 0 Å². The van der Waals surface area contributed by atoms with Gasteiger partial charge in [0.05, 0.1) is 13.7 Å². The Morgan fingerprint density at radius 2 is 2.05 bits per heavy atom. The van der Waals surface area contributed by atoms with Crippen LogP contribution >= 0.6 is 0 Å². The van der Waals surface area contributed by atoms with Crippen LogP contribution in [-0.2, 0) is 17.8 Å². The third-order valence-corrected chi connectivity index (χ3v) is 3.90. The summed E-state index contributed by atoms with van der Waals surface area (Å²) in [5, 5.41) is 3.20. The molecule has 0 aromatic heterocycles. The highest BCUT2D eigenvalue weighted by atomic mass is 16.5. The minimum absolute atomic E-state index is 0.526. The average Bonchev–Trinajstić information content (AvgIpc) is 2.51. The Morgan fingerprint density at radius 3 is 2.62 bits per heavy atom. The van der Waals surface area contributed by atoms with Gasteiger partial charge in [0.15, 0.2) is 0 Å². The van der Waals surface area contributed by atoms with Crippen LogP contribution in [0.2, 0.25) is 0 Å². The summed E-state index contributed by atoms with van der Waals surface area (Å²) in [5.74, 6) is 0.959. The molecule has 0 spiro atoms. The van der Waals surface area contributed by atoms with E-state index in [2.05, 4.69) is 42.3 Å². The maximum absolute atomic E-state index is 5.52. The van der Waals surface area contributed by atoms with E-state index in [-0.39, 0.29) is 0 Å². The zero-order chi connectivity index (χ0) is 15.7. The first-order valence-electron chi connectivity index (χ1n) is 7.69. The Labute approximate surface area is 129 Å². The fraction of sp³-hybridized carbons (Fsp3) is 0.647. The first-order chi connectivity index (χ1) is 10.2. The van der Waals surface area contributed by atoms with E-state index in [9.17, 15) is 0 Å². The van der Waals surface area contributed by atoms with Crippen LogP contribution in [0.15, 0.2) is 18.2 Å². The molecule has 1 aromatic carbocycles. The van der Waals surface area contributed by atoms with Gasteiger partial charge in [-0.1, -0.05) is 13.0 Å². The molecule has 0 aliphatic heterocycles. The van der Waals surface area contributed by atoms with Crippen LogP contribution in [0.25, 0.3) is 0 Å². The van der Waals surface area contributed by atoms with Crippen LogP contribution in [0.4, 0.5) is 0 Å². The molecule has 1 atom stereocenters. The lowest BCUT2D eigenvalue weighted by Gasteiger charge is -2.29. The minimum atomic E-state index is 0.526. The lowest BCUT2D eigenvalue weighted by atomic mass is 10.1. The van der Waals surface area contributed by atoms with Crippen LogP contribution in [0, 0.1) is 0 Å². The number of rotatable bonds is 10. The molecule has 4 heteroatoms. The number of hydrogen-bond donors (Lipinski definition) is 1. The molecule has 21 heavy (non-hydrogen) atoms. The predicted octanol–water partition coefficient (Wildman–Crippen LogP) is 2.66. The maximum atomic E-state index is 5.52. The van der Waals surface area contributed by atoms with E-state index in [0.29, 0.717) is 6.04 Å². The molecule has 0 saturated carbocycles. The van der Waals surface area contributed by atoms with Crippen molar-refractivity contribution in [1.82, 2.24) is 10.2 Å². The Morgan fingerprint density at radius 1 is 1.29 bits per heavy atom. The molecule has 0 bridgehead atoms. The highest BCUT2D eigenvalue weighted by molar-refractivity contribution is 5.37. The number of hydrogen-bond acceptors (Lipinski definition) is 4. The van der Waals surface area contributed by atoms with Gasteiger partial charge in [0, 0.05) is 38.3 Å². The van der Waals surface area contributed by atoms with Crippen molar-refractivity contribution in [1.29, 1.82) is 0 Å². The zero-order valence-corrected chi connectivity index (χ0v) is 14.1. The van der Waals surface area contributed by atoms with Crippen molar-refractivity contribution in [2.45, 2.75) is 39.4 Å². The van der Waals surface area contributed by atoms with E-state index < -0.39 is 0 Å². The molecule has 0 radical (unpaired) electrons. The van der Waals surface area contributed by atoms with Gasteiger partial charge < -0.3 is 14.8 Å². The van der Waals surface area contributed by atoms with Gasteiger partial charge in [-0.05, 0) is 38.1 Å². The SMILES string of the molecule is CCC(C)N(CCOC)Cc1cc(CNC)ccc1OC. The topological polar surface area (TPSA) is 33.7 Å². The second-order valence-electron chi connectivity index (χ2n) is 5.40. The van der Waals surface area contributed by atoms with E-state index in [1.165, 1.54) is 11.1 Å². The number of ether oxygens (including phenoxy) is 2. The van der Waals surface area contributed by atoms with Crippen LogP contribution in [-0.4, -0.2) is 45.4 Å². The Kier molecular flexibility index (Phi) is 8.35. The molecule has 0 aliphatic rings. The summed E-state index contributed by atoms with van der Waals surface area (Å²) >= 11 is 0. The summed E-state index contributed by atoms with van der Waals surface area (Å²) < 4.78 is 10.8. The van der Waals surface area contributed by atoms with E-state index >= 15 is 0 Å². The quantitative estimate of drug-likeness (QED) is 0.719. The summed E-state index contributed by atoms with van der Waals surface area (Å²) in [6, 6.07) is 6.93. The Balaban J connectivity index is 2.91. The van der Waals surface area contributed by atoms with E-state index in [4.69, 9.17) is 9.47 Å². The highest BCUT2D eigenvalue weighted by Crippen LogP contribution is 2.23. The first kappa shape index (κ1) is 18.0. The van der Waals surface area contributed by atoms with Gasteiger partial charge in [0.25, 0.3) is 0 Å². The standard InChI is InChI=1S/C17H30N2O2/c1-6-14(2)19(9-10-20-4)13-16-11-15(12-18-3)7-8-17(16)21-5/h7-8,11,14,18H,6,9-10,12-13H2,1-5H3. The summed E-state index contributed by atoms with van der Waals surface area (Å²) in [6.45, 7) is 7.93. The van der Waals surface area contributed by atoms with Crippen molar-refractivity contribution in [2.75, 3.05) is 34.4 Å². The van der Waals surface area contributed by atoms with Crippen molar-refractivity contribution in [3.8, 4) is 5.75 Å². The molecule has 1 N–H and O–H groups in total. The van der Waals surface area contributed by atoms with Crippen LogP contribution in [0.5, 0.6) is 5.75 Å². The third kappa shape index (κ3) is 5.65. The van der Waals surface area contributed by atoms with Crippen LogP contribution in [0.3, 0.4) is 0 Å². The molecule has 0 amide bonds. The third-order valence-electron chi connectivity index (χ3n) is 3.90. The summed E-state index contributed by atoms with van der Waals surface area (Å²) in [5.41, 5.74) is 2.52. The summed E-state index contributed by atoms with van der Waals surface area (Å²) in [7, 11) is 5.45. The molecular formula is C17H30N2O2. The molecule has 120 valence electrons. The van der Waals surface area contributed by atoms with Crippen molar-refractivity contribution in [3.05, 3.63) is 29.3 Å².